The van der Waals surface area contributed by atoms with E-state index in [-0.39, 0.29) is 11.1 Å². The standard InChI is InChI=1S/C13H16ClNO2/c1-13(2)6-3-7-15(13)11-5-4-9(14)8-10(11)12(16)17/h4-5,8H,3,6-7H2,1-2H3,(H,16,17). The molecule has 92 valence electrons. The number of carboxylic acids is 1. The van der Waals surface area contributed by atoms with Crippen molar-refractivity contribution in [2.24, 2.45) is 0 Å². The smallest absolute Gasteiger partial charge is 0.337 e. The van der Waals surface area contributed by atoms with E-state index in [0.29, 0.717) is 5.02 Å². The molecule has 1 aromatic rings. The van der Waals surface area contributed by atoms with Crippen LogP contribution < -0.4 is 4.90 Å². The Morgan fingerprint density at radius 2 is 2.18 bits per heavy atom. The van der Waals surface area contributed by atoms with Crippen molar-refractivity contribution in [1.82, 2.24) is 0 Å². The van der Waals surface area contributed by atoms with Crippen molar-refractivity contribution >= 4 is 23.3 Å². The van der Waals surface area contributed by atoms with Gasteiger partial charge >= 0.3 is 5.97 Å². The number of halogens is 1. The van der Waals surface area contributed by atoms with Crippen molar-refractivity contribution < 1.29 is 9.90 Å². The second-order valence-electron chi connectivity index (χ2n) is 5.03. The maximum atomic E-state index is 11.3. The highest BCUT2D eigenvalue weighted by molar-refractivity contribution is 6.31. The molecule has 1 saturated heterocycles. The van der Waals surface area contributed by atoms with Crippen LogP contribution in [0.3, 0.4) is 0 Å². The third-order valence-corrected chi connectivity index (χ3v) is 3.62. The van der Waals surface area contributed by atoms with Crippen molar-refractivity contribution in [1.29, 1.82) is 0 Å². The molecule has 0 spiro atoms. The summed E-state index contributed by atoms with van der Waals surface area (Å²) in [7, 11) is 0. The Hall–Kier alpha value is -1.22. The molecule has 1 aliphatic rings. The van der Waals surface area contributed by atoms with Gasteiger partial charge in [-0.25, -0.2) is 4.79 Å². The number of anilines is 1. The minimum absolute atomic E-state index is 0.0119. The predicted octanol–water partition coefficient (Wildman–Crippen LogP) is 3.42. The van der Waals surface area contributed by atoms with Crippen LogP contribution in [0.4, 0.5) is 5.69 Å². The van der Waals surface area contributed by atoms with Gasteiger partial charge in [0.05, 0.1) is 11.3 Å². The molecule has 0 atom stereocenters. The summed E-state index contributed by atoms with van der Waals surface area (Å²) in [5.41, 5.74) is 1.06. The van der Waals surface area contributed by atoms with Crippen molar-refractivity contribution in [2.45, 2.75) is 32.2 Å². The molecule has 0 amide bonds. The Labute approximate surface area is 106 Å². The number of hydrogen-bond donors (Lipinski definition) is 1. The average Bonchev–Trinajstić information content (AvgIpc) is 2.58. The molecular formula is C13H16ClNO2. The molecule has 1 aliphatic heterocycles. The van der Waals surface area contributed by atoms with Gasteiger partial charge in [0.2, 0.25) is 0 Å². The molecule has 1 aromatic carbocycles. The summed E-state index contributed by atoms with van der Waals surface area (Å²) in [6, 6.07) is 5.07. The van der Waals surface area contributed by atoms with Crippen LogP contribution in [-0.4, -0.2) is 23.2 Å². The van der Waals surface area contributed by atoms with Crippen LogP contribution in [0.15, 0.2) is 18.2 Å². The van der Waals surface area contributed by atoms with Crippen molar-refractivity contribution in [3.05, 3.63) is 28.8 Å². The molecule has 1 N–H and O–H groups in total. The molecule has 0 radical (unpaired) electrons. The molecule has 17 heavy (non-hydrogen) atoms. The van der Waals surface area contributed by atoms with Crippen molar-refractivity contribution in [3.8, 4) is 0 Å². The Balaban J connectivity index is 2.48. The molecule has 0 aromatic heterocycles. The van der Waals surface area contributed by atoms with Crippen molar-refractivity contribution in [3.63, 3.8) is 0 Å². The number of nitrogens with zero attached hydrogens (tertiary/aromatic N) is 1. The van der Waals surface area contributed by atoms with Crippen LogP contribution in [0.5, 0.6) is 0 Å². The summed E-state index contributed by atoms with van der Waals surface area (Å²) in [5, 5.41) is 9.70. The van der Waals surface area contributed by atoms with E-state index in [2.05, 4.69) is 18.7 Å². The van der Waals surface area contributed by atoms with Gasteiger partial charge in [-0.3, -0.25) is 0 Å². The number of benzene rings is 1. The van der Waals surface area contributed by atoms with Crippen molar-refractivity contribution in [2.75, 3.05) is 11.4 Å². The Kier molecular flexibility index (Phi) is 3.04. The topological polar surface area (TPSA) is 40.5 Å². The number of rotatable bonds is 2. The van der Waals surface area contributed by atoms with Crippen LogP contribution in [0.1, 0.15) is 37.0 Å². The summed E-state index contributed by atoms with van der Waals surface area (Å²) >= 11 is 5.86. The van der Waals surface area contributed by atoms with E-state index in [1.165, 1.54) is 6.07 Å². The van der Waals surface area contributed by atoms with E-state index in [0.717, 1.165) is 25.1 Å². The van der Waals surface area contributed by atoms with Gasteiger partial charge in [-0.2, -0.15) is 0 Å². The molecule has 2 rings (SSSR count). The van der Waals surface area contributed by atoms with Crippen LogP contribution >= 0.6 is 11.6 Å². The Bertz CT molecular complexity index is 457. The SMILES string of the molecule is CC1(C)CCCN1c1ccc(Cl)cc1C(=O)O. The highest BCUT2D eigenvalue weighted by Gasteiger charge is 2.33. The molecular weight excluding hydrogens is 238 g/mol. The third kappa shape index (κ3) is 2.25. The van der Waals surface area contributed by atoms with Gasteiger partial charge in [0.1, 0.15) is 0 Å². The van der Waals surface area contributed by atoms with E-state index < -0.39 is 5.97 Å². The van der Waals surface area contributed by atoms with E-state index in [4.69, 9.17) is 11.6 Å². The average molecular weight is 254 g/mol. The summed E-state index contributed by atoms with van der Waals surface area (Å²) in [6.45, 7) is 5.18. The van der Waals surface area contributed by atoms with Gasteiger partial charge in [-0.05, 0) is 44.9 Å². The maximum absolute atomic E-state index is 11.3. The van der Waals surface area contributed by atoms with Gasteiger partial charge < -0.3 is 10.0 Å². The number of carbonyl (C=O) groups is 1. The second kappa shape index (κ2) is 4.22. The number of hydrogen-bond acceptors (Lipinski definition) is 2. The fourth-order valence-electron chi connectivity index (χ4n) is 2.47. The minimum atomic E-state index is -0.926. The molecule has 0 aliphatic carbocycles. The monoisotopic (exact) mass is 253 g/mol. The first kappa shape index (κ1) is 12.2. The van der Waals surface area contributed by atoms with Crippen LogP contribution in [-0.2, 0) is 0 Å². The maximum Gasteiger partial charge on any atom is 0.337 e. The van der Waals surface area contributed by atoms with Gasteiger partial charge in [0.25, 0.3) is 0 Å². The molecule has 0 saturated carbocycles. The number of carboxylic acid groups (broad SMARTS) is 1. The van der Waals surface area contributed by atoms with E-state index in [9.17, 15) is 9.90 Å². The number of aromatic carboxylic acids is 1. The highest BCUT2D eigenvalue weighted by Crippen LogP contribution is 2.36. The minimum Gasteiger partial charge on any atom is -0.478 e. The second-order valence-corrected chi connectivity index (χ2v) is 5.47. The van der Waals surface area contributed by atoms with E-state index in [1.807, 2.05) is 0 Å². The predicted molar refractivity (Wildman–Crippen MR) is 69.1 cm³/mol. The van der Waals surface area contributed by atoms with Gasteiger partial charge in [-0.1, -0.05) is 11.6 Å². The van der Waals surface area contributed by atoms with E-state index in [1.54, 1.807) is 12.1 Å². The highest BCUT2D eigenvalue weighted by atomic mass is 35.5. The lowest BCUT2D eigenvalue weighted by molar-refractivity contribution is 0.0697. The molecule has 1 heterocycles. The van der Waals surface area contributed by atoms with E-state index >= 15 is 0 Å². The molecule has 0 unspecified atom stereocenters. The van der Waals surface area contributed by atoms with Gasteiger partial charge in [0.15, 0.2) is 0 Å². The lowest BCUT2D eigenvalue weighted by Gasteiger charge is -2.34. The largest absolute Gasteiger partial charge is 0.478 e. The zero-order chi connectivity index (χ0) is 12.6. The van der Waals surface area contributed by atoms with Gasteiger partial charge in [0, 0.05) is 17.1 Å². The fraction of sp³-hybridized carbons (Fsp3) is 0.462. The Morgan fingerprint density at radius 3 is 2.71 bits per heavy atom. The first-order chi connectivity index (χ1) is 7.92. The summed E-state index contributed by atoms with van der Waals surface area (Å²) < 4.78 is 0. The van der Waals surface area contributed by atoms with Gasteiger partial charge in [-0.15, -0.1) is 0 Å². The Morgan fingerprint density at radius 1 is 1.47 bits per heavy atom. The quantitative estimate of drug-likeness (QED) is 0.878. The van der Waals surface area contributed by atoms with Crippen LogP contribution in [0.25, 0.3) is 0 Å². The first-order valence-electron chi connectivity index (χ1n) is 5.72. The van der Waals surface area contributed by atoms with Crippen LogP contribution in [0, 0.1) is 0 Å². The zero-order valence-electron chi connectivity index (χ0n) is 10.0. The first-order valence-corrected chi connectivity index (χ1v) is 6.10. The molecule has 3 nitrogen and oxygen atoms in total. The zero-order valence-corrected chi connectivity index (χ0v) is 10.8. The molecule has 0 bridgehead atoms. The summed E-state index contributed by atoms with van der Waals surface area (Å²) in [4.78, 5) is 13.4. The molecule has 4 heteroatoms. The lowest BCUT2D eigenvalue weighted by atomic mass is 10.0. The lowest BCUT2D eigenvalue weighted by Crippen LogP contribution is -2.39. The third-order valence-electron chi connectivity index (χ3n) is 3.38. The normalized spacial score (nSPS) is 18.4. The summed E-state index contributed by atoms with van der Waals surface area (Å²) in [6.07, 6.45) is 2.17. The fourth-order valence-corrected chi connectivity index (χ4v) is 2.64. The molecule has 1 fully saturated rings. The van der Waals surface area contributed by atoms with Crippen LogP contribution in [0.2, 0.25) is 5.02 Å². The summed E-state index contributed by atoms with van der Waals surface area (Å²) in [5.74, 6) is -0.926.